The van der Waals surface area contributed by atoms with Crippen LogP contribution in [0.25, 0.3) is 22.4 Å². The van der Waals surface area contributed by atoms with Crippen LogP contribution in [0.2, 0.25) is 0 Å². The number of anilines is 1. The molecule has 0 saturated heterocycles. The lowest BCUT2D eigenvalue weighted by Crippen LogP contribution is -1.97. The molecule has 3 rings (SSSR count). The predicted octanol–water partition coefficient (Wildman–Crippen LogP) is 4.70. The Morgan fingerprint density at radius 2 is 1.90 bits per heavy atom. The summed E-state index contributed by atoms with van der Waals surface area (Å²) in [6.45, 7) is 0. The van der Waals surface area contributed by atoms with Crippen LogP contribution in [-0.2, 0) is 7.05 Å². The van der Waals surface area contributed by atoms with Gasteiger partial charge in [0.1, 0.15) is 11.5 Å². The number of hydrogen-bond acceptors (Lipinski definition) is 2. The quantitative estimate of drug-likeness (QED) is 0.571. The molecule has 1 heterocycles. The van der Waals surface area contributed by atoms with Crippen molar-refractivity contribution in [3.05, 3.63) is 56.6 Å². The Bertz CT molecular complexity index is 811. The largest absolute Gasteiger partial charge is 0.383 e. The van der Waals surface area contributed by atoms with E-state index >= 15 is 0 Å². The topological polar surface area (TPSA) is 43.8 Å². The van der Waals surface area contributed by atoms with Crippen LogP contribution in [0.5, 0.6) is 0 Å². The van der Waals surface area contributed by atoms with Crippen LogP contribution in [0.4, 0.5) is 5.82 Å². The van der Waals surface area contributed by atoms with Crippen molar-refractivity contribution in [1.29, 1.82) is 0 Å². The first-order chi connectivity index (χ1) is 10.1. The van der Waals surface area contributed by atoms with E-state index in [0.717, 1.165) is 30.4 Å². The number of nitrogens with two attached hydrogens (primary N) is 1. The Hall–Kier alpha value is -1.34. The van der Waals surface area contributed by atoms with Gasteiger partial charge in [-0.25, -0.2) is 0 Å². The van der Waals surface area contributed by atoms with E-state index < -0.39 is 0 Å². The molecule has 0 radical (unpaired) electrons. The summed E-state index contributed by atoms with van der Waals surface area (Å²) >= 11 is 5.84. The third-order valence-corrected chi connectivity index (χ3v) is 4.77. The lowest BCUT2D eigenvalue weighted by molar-refractivity contribution is 0.782. The monoisotopic (exact) mass is 453 g/mol. The number of benzene rings is 2. The van der Waals surface area contributed by atoms with Crippen LogP contribution in [0, 0.1) is 3.57 Å². The number of aryl methyl sites for hydroxylation is 1. The molecular formula is C16H13BrIN3. The van der Waals surface area contributed by atoms with Crippen LogP contribution >= 0.6 is 38.5 Å². The van der Waals surface area contributed by atoms with E-state index in [-0.39, 0.29) is 0 Å². The average molecular weight is 454 g/mol. The Kier molecular flexibility index (Phi) is 4.03. The van der Waals surface area contributed by atoms with Crippen LogP contribution in [0.3, 0.4) is 0 Å². The Balaban J connectivity index is 2.29. The van der Waals surface area contributed by atoms with Crippen molar-refractivity contribution in [3.63, 3.8) is 0 Å². The molecule has 0 unspecified atom stereocenters. The van der Waals surface area contributed by atoms with E-state index in [1.165, 1.54) is 0 Å². The van der Waals surface area contributed by atoms with E-state index in [1.807, 2.05) is 31.3 Å². The van der Waals surface area contributed by atoms with Crippen molar-refractivity contribution in [2.45, 2.75) is 0 Å². The number of hydrogen-bond donors (Lipinski definition) is 1. The van der Waals surface area contributed by atoms with Gasteiger partial charge in [0.15, 0.2) is 0 Å². The first-order valence-electron chi connectivity index (χ1n) is 6.41. The highest BCUT2D eigenvalue weighted by atomic mass is 127. The van der Waals surface area contributed by atoms with Crippen molar-refractivity contribution in [3.8, 4) is 22.4 Å². The Labute approximate surface area is 145 Å². The second kappa shape index (κ2) is 5.81. The standard InChI is InChI=1S/C16H13BrIN3/c1-21-16(19)14(10-5-4-6-11(17)9-10)15(20-21)12-7-2-3-8-13(12)18/h2-9H,19H2,1H3. The molecule has 106 valence electrons. The molecular weight excluding hydrogens is 441 g/mol. The van der Waals surface area contributed by atoms with Gasteiger partial charge in [-0.3, -0.25) is 4.68 Å². The minimum absolute atomic E-state index is 0.669. The van der Waals surface area contributed by atoms with Crippen molar-refractivity contribution < 1.29 is 0 Å². The van der Waals surface area contributed by atoms with Gasteiger partial charge in [-0.05, 0) is 46.4 Å². The molecule has 0 fully saturated rings. The third kappa shape index (κ3) is 2.72. The fourth-order valence-electron chi connectivity index (χ4n) is 2.31. The van der Waals surface area contributed by atoms with E-state index in [1.54, 1.807) is 4.68 Å². The first kappa shape index (κ1) is 14.6. The summed E-state index contributed by atoms with van der Waals surface area (Å²) in [5, 5.41) is 4.62. The molecule has 0 saturated carbocycles. The molecule has 3 nitrogen and oxygen atoms in total. The normalized spacial score (nSPS) is 10.8. The van der Waals surface area contributed by atoms with Crippen LogP contribution in [0.1, 0.15) is 0 Å². The van der Waals surface area contributed by atoms with E-state index in [0.29, 0.717) is 5.82 Å². The van der Waals surface area contributed by atoms with Crippen LogP contribution < -0.4 is 5.73 Å². The van der Waals surface area contributed by atoms with Crippen LogP contribution in [-0.4, -0.2) is 9.78 Å². The van der Waals surface area contributed by atoms with Gasteiger partial charge in [-0.1, -0.05) is 46.3 Å². The molecule has 3 aromatic rings. The maximum Gasteiger partial charge on any atom is 0.129 e. The highest BCUT2D eigenvalue weighted by molar-refractivity contribution is 14.1. The van der Waals surface area contributed by atoms with Gasteiger partial charge in [0.05, 0.1) is 5.56 Å². The number of nitrogens with zero attached hydrogens (tertiary/aromatic N) is 2. The summed E-state index contributed by atoms with van der Waals surface area (Å²) in [5.74, 6) is 0.669. The lowest BCUT2D eigenvalue weighted by atomic mass is 10.0. The number of halogens is 2. The molecule has 0 spiro atoms. The van der Waals surface area contributed by atoms with Gasteiger partial charge in [-0.2, -0.15) is 5.10 Å². The summed E-state index contributed by atoms with van der Waals surface area (Å²) in [4.78, 5) is 0. The molecule has 0 aliphatic rings. The zero-order valence-corrected chi connectivity index (χ0v) is 15.1. The van der Waals surface area contributed by atoms with Crippen molar-refractivity contribution in [1.82, 2.24) is 9.78 Å². The van der Waals surface area contributed by atoms with Gasteiger partial charge >= 0.3 is 0 Å². The van der Waals surface area contributed by atoms with Crippen LogP contribution in [0.15, 0.2) is 53.0 Å². The van der Waals surface area contributed by atoms with Gasteiger partial charge < -0.3 is 5.73 Å². The van der Waals surface area contributed by atoms with E-state index in [9.17, 15) is 0 Å². The first-order valence-corrected chi connectivity index (χ1v) is 8.28. The molecule has 0 amide bonds. The average Bonchev–Trinajstić information content (AvgIpc) is 2.75. The zero-order valence-electron chi connectivity index (χ0n) is 11.3. The van der Waals surface area contributed by atoms with Crippen molar-refractivity contribution in [2.75, 3.05) is 5.73 Å². The zero-order chi connectivity index (χ0) is 15.0. The summed E-state index contributed by atoms with van der Waals surface area (Å²) in [6.07, 6.45) is 0. The molecule has 0 aliphatic carbocycles. The molecule has 2 aromatic carbocycles. The smallest absolute Gasteiger partial charge is 0.129 e. The highest BCUT2D eigenvalue weighted by Crippen LogP contribution is 2.38. The maximum absolute atomic E-state index is 6.26. The number of rotatable bonds is 2. The van der Waals surface area contributed by atoms with Gasteiger partial charge in [-0.15, -0.1) is 0 Å². The van der Waals surface area contributed by atoms with E-state index in [2.05, 4.69) is 67.9 Å². The summed E-state index contributed by atoms with van der Waals surface area (Å²) < 4.78 is 3.91. The highest BCUT2D eigenvalue weighted by Gasteiger charge is 2.18. The Morgan fingerprint density at radius 1 is 1.14 bits per heavy atom. The summed E-state index contributed by atoms with van der Waals surface area (Å²) in [5.41, 5.74) is 10.3. The molecule has 0 bridgehead atoms. The van der Waals surface area contributed by atoms with Gasteiger partial charge in [0, 0.05) is 20.7 Å². The minimum atomic E-state index is 0.669. The van der Waals surface area contributed by atoms with Crippen molar-refractivity contribution >= 4 is 44.3 Å². The molecule has 21 heavy (non-hydrogen) atoms. The lowest BCUT2D eigenvalue weighted by Gasteiger charge is -2.06. The number of nitrogen functional groups attached to an aromatic ring is 1. The number of aromatic nitrogens is 2. The fourth-order valence-corrected chi connectivity index (χ4v) is 3.35. The summed E-state index contributed by atoms with van der Waals surface area (Å²) in [7, 11) is 1.87. The molecule has 2 N–H and O–H groups in total. The fraction of sp³-hybridized carbons (Fsp3) is 0.0625. The molecule has 0 atom stereocenters. The predicted molar refractivity (Wildman–Crippen MR) is 98.9 cm³/mol. The SMILES string of the molecule is Cn1nc(-c2ccccc2I)c(-c2cccc(Br)c2)c1N. The third-order valence-electron chi connectivity index (χ3n) is 3.33. The second-order valence-electron chi connectivity index (χ2n) is 4.72. The molecule has 1 aromatic heterocycles. The maximum atomic E-state index is 6.26. The second-order valence-corrected chi connectivity index (χ2v) is 6.80. The minimum Gasteiger partial charge on any atom is -0.383 e. The van der Waals surface area contributed by atoms with E-state index in [4.69, 9.17) is 5.73 Å². The summed E-state index contributed by atoms with van der Waals surface area (Å²) in [6, 6.07) is 16.3. The van der Waals surface area contributed by atoms with Crippen molar-refractivity contribution in [2.24, 2.45) is 7.05 Å². The van der Waals surface area contributed by atoms with Gasteiger partial charge in [0.25, 0.3) is 0 Å². The molecule has 5 heteroatoms. The van der Waals surface area contributed by atoms with Gasteiger partial charge in [0.2, 0.25) is 0 Å². The molecule has 0 aliphatic heterocycles. The Morgan fingerprint density at radius 3 is 2.62 bits per heavy atom.